The van der Waals surface area contributed by atoms with Gasteiger partial charge in [-0.2, -0.15) is 0 Å². The highest BCUT2D eigenvalue weighted by atomic mass is 127. The van der Waals surface area contributed by atoms with Crippen molar-refractivity contribution in [3.63, 3.8) is 0 Å². The second-order valence-corrected chi connectivity index (χ2v) is 9.85. The van der Waals surface area contributed by atoms with Crippen molar-refractivity contribution in [2.45, 2.75) is 22.7 Å². The summed E-state index contributed by atoms with van der Waals surface area (Å²) in [5, 5.41) is 1.10. The lowest BCUT2D eigenvalue weighted by molar-refractivity contribution is 0.428. The van der Waals surface area contributed by atoms with Crippen molar-refractivity contribution in [3.8, 4) is 22.5 Å². The predicted octanol–water partition coefficient (Wildman–Crippen LogP) is 5.87. The van der Waals surface area contributed by atoms with Crippen LogP contribution < -0.4 is 5.73 Å². The molecule has 1 aliphatic carbocycles. The fraction of sp³-hybridized carbons (Fsp3) is 0.160. The van der Waals surface area contributed by atoms with Crippen LogP contribution in [0.25, 0.3) is 38.9 Å². The van der Waals surface area contributed by atoms with Crippen LogP contribution in [0.1, 0.15) is 24.6 Å². The molecule has 0 radical (unpaired) electrons. The van der Waals surface area contributed by atoms with Crippen molar-refractivity contribution < 1.29 is 0 Å². The number of anilines is 1. The van der Waals surface area contributed by atoms with E-state index in [4.69, 9.17) is 15.7 Å². The first-order valence-corrected chi connectivity index (χ1v) is 11.6. The van der Waals surface area contributed by atoms with Crippen LogP contribution in [0.3, 0.4) is 0 Å². The van der Waals surface area contributed by atoms with Crippen molar-refractivity contribution in [3.05, 3.63) is 78.9 Å². The number of nitrogens with zero attached hydrogens (tertiary/aromatic N) is 4. The molecule has 0 amide bonds. The molecular weight excluding hydrogens is 497 g/mol. The molecule has 1 aliphatic rings. The Bertz CT molecular complexity index is 1420. The van der Waals surface area contributed by atoms with Gasteiger partial charge < -0.3 is 5.73 Å². The summed E-state index contributed by atoms with van der Waals surface area (Å²) in [6.45, 7) is 0. The summed E-state index contributed by atoms with van der Waals surface area (Å²) in [6, 6.07) is 20.8. The lowest BCUT2D eigenvalue weighted by Crippen LogP contribution is -2.23. The molecule has 2 N–H and O–H groups in total. The molecule has 0 unspecified atom stereocenters. The Morgan fingerprint density at radius 3 is 2.55 bits per heavy atom. The van der Waals surface area contributed by atoms with E-state index in [0.29, 0.717) is 11.7 Å². The molecule has 0 atom stereocenters. The minimum atomic E-state index is 0.466. The third-order valence-electron chi connectivity index (χ3n) is 6.09. The summed E-state index contributed by atoms with van der Waals surface area (Å²) in [7, 11) is 0. The maximum Gasteiger partial charge on any atom is 0.150 e. The summed E-state index contributed by atoms with van der Waals surface area (Å²) in [4.78, 5) is 14.3. The van der Waals surface area contributed by atoms with Crippen LogP contribution in [0, 0.1) is 0 Å². The van der Waals surface area contributed by atoms with Gasteiger partial charge in [0.1, 0.15) is 22.9 Å². The Morgan fingerprint density at radius 1 is 0.935 bits per heavy atom. The number of aromatic nitrogens is 4. The highest BCUT2D eigenvalue weighted by Gasteiger charge is 2.32. The Hall–Kier alpha value is -3.00. The van der Waals surface area contributed by atoms with Crippen molar-refractivity contribution in [2.75, 3.05) is 5.73 Å². The van der Waals surface area contributed by atoms with E-state index in [-0.39, 0.29) is 0 Å². The van der Waals surface area contributed by atoms with Gasteiger partial charge in [-0.3, -0.25) is 4.40 Å². The number of alkyl halides is 1. The highest BCUT2D eigenvalue weighted by molar-refractivity contribution is 14.1. The van der Waals surface area contributed by atoms with Crippen molar-refractivity contribution in [2.24, 2.45) is 0 Å². The Labute approximate surface area is 193 Å². The molecule has 0 bridgehead atoms. The number of hydrogen-bond acceptors (Lipinski definition) is 4. The number of imidazole rings is 1. The van der Waals surface area contributed by atoms with Crippen LogP contribution in [0.4, 0.5) is 5.82 Å². The van der Waals surface area contributed by atoms with E-state index in [0.717, 1.165) is 61.5 Å². The Balaban J connectivity index is 1.51. The number of nitrogens with two attached hydrogens (primary N) is 1. The van der Waals surface area contributed by atoms with Gasteiger partial charge >= 0.3 is 0 Å². The first kappa shape index (κ1) is 18.7. The summed E-state index contributed by atoms with van der Waals surface area (Å²) in [5.74, 6) is 2.05. The zero-order valence-corrected chi connectivity index (χ0v) is 18.9. The van der Waals surface area contributed by atoms with Crippen LogP contribution in [0.5, 0.6) is 0 Å². The summed E-state index contributed by atoms with van der Waals surface area (Å²) in [5.41, 5.74) is 12.1. The minimum Gasteiger partial charge on any atom is -0.382 e. The zero-order chi connectivity index (χ0) is 20.9. The van der Waals surface area contributed by atoms with Crippen LogP contribution in [-0.2, 0) is 0 Å². The van der Waals surface area contributed by atoms with Crippen LogP contribution in [0.2, 0.25) is 0 Å². The SMILES string of the molecule is Nc1nccn2c(C3CC(I)C3)nc(-c3ccc4ccc(-c5ccccc5)nc4c3)c12. The van der Waals surface area contributed by atoms with Gasteiger partial charge in [-0.05, 0) is 25.0 Å². The molecule has 1 fully saturated rings. The van der Waals surface area contributed by atoms with Gasteiger partial charge in [0.15, 0.2) is 0 Å². The van der Waals surface area contributed by atoms with Crippen LogP contribution in [-0.4, -0.2) is 23.3 Å². The topological polar surface area (TPSA) is 69.1 Å². The fourth-order valence-electron chi connectivity index (χ4n) is 4.37. The Kier molecular flexibility index (Phi) is 4.41. The smallest absolute Gasteiger partial charge is 0.150 e. The van der Waals surface area contributed by atoms with E-state index in [2.05, 4.69) is 74.4 Å². The molecule has 0 spiro atoms. The fourth-order valence-corrected chi connectivity index (χ4v) is 5.60. The van der Waals surface area contributed by atoms with Crippen molar-refractivity contribution in [1.82, 2.24) is 19.4 Å². The van der Waals surface area contributed by atoms with Crippen molar-refractivity contribution in [1.29, 1.82) is 0 Å². The van der Waals surface area contributed by atoms with E-state index >= 15 is 0 Å². The maximum atomic E-state index is 6.32. The second-order valence-electron chi connectivity index (χ2n) is 8.09. The summed E-state index contributed by atoms with van der Waals surface area (Å²) < 4.78 is 2.85. The quantitative estimate of drug-likeness (QED) is 0.240. The number of halogens is 1. The first-order chi connectivity index (χ1) is 15.2. The van der Waals surface area contributed by atoms with Gasteiger partial charge in [-0.15, -0.1) is 0 Å². The van der Waals surface area contributed by atoms with Gasteiger partial charge in [-0.1, -0.05) is 71.1 Å². The maximum absolute atomic E-state index is 6.32. The predicted molar refractivity (Wildman–Crippen MR) is 133 cm³/mol. The number of fused-ring (bicyclic) bond motifs is 2. The number of hydrogen-bond donors (Lipinski definition) is 1. The molecule has 0 saturated heterocycles. The Morgan fingerprint density at radius 2 is 1.74 bits per heavy atom. The average molecular weight is 517 g/mol. The minimum absolute atomic E-state index is 0.466. The average Bonchev–Trinajstić information content (AvgIpc) is 3.17. The van der Waals surface area contributed by atoms with Gasteiger partial charge in [0.25, 0.3) is 0 Å². The van der Waals surface area contributed by atoms with E-state index in [9.17, 15) is 0 Å². The van der Waals surface area contributed by atoms with Crippen LogP contribution in [0.15, 0.2) is 73.1 Å². The van der Waals surface area contributed by atoms with Gasteiger partial charge in [0.2, 0.25) is 0 Å². The molecule has 3 heterocycles. The summed E-state index contributed by atoms with van der Waals surface area (Å²) >= 11 is 2.52. The summed E-state index contributed by atoms with van der Waals surface area (Å²) in [6.07, 6.45) is 6.04. The molecule has 31 heavy (non-hydrogen) atoms. The van der Waals surface area contributed by atoms with Crippen LogP contribution >= 0.6 is 22.6 Å². The molecule has 3 aromatic heterocycles. The van der Waals surface area contributed by atoms with E-state index in [1.807, 2.05) is 24.4 Å². The van der Waals surface area contributed by atoms with E-state index in [1.54, 1.807) is 6.20 Å². The van der Waals surface area contributed by atoms with Gasteiger partial charge in [-0.25, -0.2) is 15.0 Å². The molecule has 0 aliphatic heterocycles. The standard InChI is InChI=1S/C25H20IN5/c26-19-12-18(13-19)25-30-22(23-24(27)28-10-11-31(23)25)17-7-6-16-8-9-20(29-21(16)14-17)15-4-2-1-3-5-15/h1-11,14,18-19H,12-13H2,(H2,27,28). The third-order valence-corrected chi connectivity index (χ3v) is 7.11. The molecular formula is C25H20IN5. The number of benzene rings is 2. The van der Waals surface area contributed by atoms with E-state index in [1.165, 1.54) is 0 Å². The second kappa shape index (κ2) is 7.30. The molecule has 6 rings (SSSR count). The molecule has 152 valence electrons. The monoisotopic (exact) mass is 517 g/mol. The molecule has 6 heteroatoms. The largest absolute Gasteiger partial charge is 0.382 e. The normalized spacial score (nSPS) is 18.4. The molecule has 5 aromatic rings. The number of nitrogen functional groups attached to an aromatic ring is 1. The molecule has 5 nitrogen and oxygen atoms in total. The van der Waals surface area contributed by atoms with E-state index < -0.39 is 0 Å². The molecule has 1 saturated carbocycles. The molecule has 2 aromatic carbocycles. The number of pyridine rings is 1. The lowest BCUT2D eigenvalue weighted by Gasteiger charge is -2.30. The zero-order valence-electron chi connectivity index (χ0n) is 16.7. The third kappa shape index (κ3) is 3.17. The highest BCUT2D eigenvalue weighted by Crippen LogP contribution is 2.43. The first-order valence-electron chi connectivity index (χ1n) is 10.4. The van der Waals surface area contributed by atoms with Crippen molar-refractivity contribution >= 4 is 44.8 Å². The lowest BCUT2D eigenvalue weighted by atomic mass is 9.85. The van der Waals surface area contributed by atoms with Gasteiger partial charge in [0.05, 0.1) is 11.2 Å². The number of rotatable bonds is 3. The van der Waals surface area contributed by atoms with Gasteiger partial charge in [0, 0.05) is 38.7 Å².